The third kappa shape index (κ3) is 2.74. The van der Waals surface area contributed by atoms with Gasteiger partial charge in [-0.1, -0.05) is 37.3 Å². The van der Waals surface area contributed by atoms with Crippen LogP contribution < -0.4 is 0 Å². The van der Waals surface area contributed by atoms with Crippen molar-refractivity contribution in [2.24, 2.45) is 0 Å². The van der Waals surface area contributed by atoms with Crippen LogP contribution in [0.3, 0.4) is 0 Å². The molecule has 1 aromatic rings. The highest BCUT2D eigenvalue weighted by molar-refractivity contribution is 5.50. The van der Waals surface area contributed by atoms with Crippen molar-refractivity contribution in [3.8, 4) is 0 Å². The quantitative estimate of drug-likeness (QED) is 0.290. The maximum absolute atomic E-state index is 11.1. The standard InChI is InChI=1S/C10H13NO/c1-2-8-11(12)9-10-6-4-3-5-7-10/h3-8H,2,9H2,1H3. The van der Waals surface area contributed by atoms with Gasteiger partial charge >= 0.3 is 0 Å². The van der Waals surface area contributed by atoms with Gasteiger partial charge in [0.25, 0.3) is 0 Å². The van der Waals surface area contributed by atoms with E-state index in [2.05, 4.69) is 0 Å². The van der Waals surface area contributed by atoms with E-state index in [4.69, 9.17) is 0 Å². The van der Waals surface area contributed by atoms with Crippen molar-refractivity contribution >= 4 is 6.21 Å². The van der Waals surface area contributed by atoms with Crippen molar-refractivity contribution in [3.05, 3.63) is 41.1 Å². The van der Waals surface area contributed by atoms with Crippen molar-refractivity contribution < 1.29 is 4.74 Å². The highest BCUT2D eigenvalue weighted by atomic mass is 16.5. The molecule has 0 amide bonds. The van der Waals surface area contributed by atoms with E-state index in [1.54, 1.807) is 6.21 Å². The van der Waals surface area contributed by atoms with Crippen molar-refractivity contribution in [1.82, 2.24) is 0 Å². The van der Waals surface area contributed by atoms with E-state index in [0.717, 1.165) is 16.7 Å². The third-order valence-electron chi connectivity index (χ3n) is 1.57. The SMILES string of the molecule is CCC=[N+]([O-])Cc1ccccc1. The lowest BCUT2D eigenvalue weighted by Crippen LogP contribution is -2.03. The van der Waals surface area contributed by atoms with E-state index in [9.17, 15) is 5.21 Å². The molecular formula is C10H13NO. The first-order chi connectivity index (χ1) is 5.83. The minimum Gasteiger partial charge on any atom is -0.624 e. The van der Waals surface area contributed by atoms with Crippen LogP contribution in [0.2, 0.25) is 0 Å². The molecule has 64 valence electrons. The summed E-state index contributed by atoms with van der Waals surface area (Å²) < 4.78 is 0.968. The summed E-state index contributed by atoms with van der Waals surface area (Å²) in [6.45, 7) is 2.41. The molecule has 0 bridgehead atoms. The number of hydroxylamine groups is 1. The summed E-state index contributed by atoms with van der Waals surface area (Å²) in [5.74, 6) is 0. The molecule has 2 nitrogen and oxygen atoms in total. The predicted octanol–water partition coefficient (Wildman–Crippen LogP) is 2.18. The first-order valence-corrected chi connectivity index (χ1v) is 4.14. The van der Waals surface area contributed by atoms with Crippen LogP contribution in [0.5, 0.6) is 0 Å². The van der Waals surface area contributed by atoms with Gasteiger partial charge in [0, 0.05) is 12.0 Å². The molecule has 12 heavy (non-hydrogen) atoms. The average molecular weight is 163 g/mol. The summed E-state index contributed by atoms with van der Waals surface area (Å²) in [4.78, 5) is 0. The Balaban J connectivity index is 2.58. The maximum atomic E-state index is 11.1. The molecule has 0 unspecified atom stereocenters. The predicted molar refractivity (Wildman–Crippen MR) is 50.1 cm³/mol. The lowest BCUT2D eigenvalue weighted by Gasteiger charge is -2.02. The first-order valence-electron chi connectivity index (χ1n) is 4.14. The lowest BCUT2D eigenvalue weighted by molar-refractivity contribution is -0.471. The Kier molecular flexibility index (Phi) is 3.33. The molecule has 0 saturated heterocycles. The van der Waals surface area contributed by atoms with Crippen LogP contribution >= 0.6 is 0 Å². The van der Waals surface area contributed by atoms with Crippen molar-refractivity contribution in [2.45, 2.75) is 19.9 Å². The third-order valence-corrected chi connectivity index (χ3v) is 1.57. The Bertz CT molecular complexity index is 254. The second kappa shape index (κ2) is 4.54. The highest BCUT2D eigenvalue weighted by Crippen LogP contribution is 1.99. The number of hydrogen-bond acceptors (Lipinski definition) is 1. The molecular weight excluding hydrogens is 150 g/mol. The normalized spacial score (nSPS) is 11.6. The summed E-state index contributed by atoms with van der Waals surface area (Å²) in [5, 5.41) is 11.1. The number of benzene rings is 1. The molecule has 0 aliphatic carbocycles. The minimum atomic E-state index is 0.453. The van der Waals surface area contributed by atoms with Gasteiger partial charge in [-0.2, -0.15) is 0 Å². The zero-order valence-electron chi connectivity index (χ0n) is 7.23. The zero-order valence-corrected chi connectivity index (χ0v) is 7.23. The maximum Gasteiger partial charge on any atom is 0.178 e. The number of nitrogens with zero attached hydrogens (tertiary/aromatic N) is 1. The summed E-state index contributed by atoms with van der Waals surface area (Å²) in [5.41, 5.74) is 1.05. The van der Waals surface area contributed by atoms with Crippen LogP contribution in [-0.2, 0) is 6.54 Å². The van der Waals surface area contributed by atoms with E-state index >= 15 is 0 Å². The van der Waals surface area contributed by atoms with Gasteiger partial charge in [0.15, 0.2) is 12.8 Å². The largest absolute Gasteiger partial charge is 0.624 e. The van der Waals surface area contributed by atoms with Crippen molar-refractivity contribution in [1.29, 1.82) is 0 Å². The summed E-state index contributed by atoms with van der Waals surface area (Å²) in [7, 11) is 0. The Morgan fingerprint density at radius 1 is 1.33 bits per heavy atom. The van der Waals surface area contributed by atoms with Crippen LogP contribution in [0.15, 0.2) is 30.3 Å². The van der Waals surface area contributed by atoms with Crippen LogP contribution in [0.25, 0.3) is 0 Å². The van der Waals surface area contributed by atoms with Crippen LogP contribution in [-0.4, -0.2) is 11.0 Å². The fourth-order valence-electron chi connectivity index (χ4n) is 1.03. The van der Waals surface area contributed by atoms with Gasteiger partial charge in [0.2, 0.25) is 0 Å². The Morgan fingerprint density at radius 2 is 2.00 bits per heavy atom. The molecule has 0 saturated carbocycles. The van der Waals surface area contributed by atoms with Gasteiger partial charge in [-0.15, -0.1) is 0 Å². The molecule has 0 atom stereocenters. The van der Waals surface area contributed by atoms with Gasteiger partial charge in [-0.05, 0) is 0 Å². The molecule has 0 spiro atoms. The molecule has 2 heteroatoms. The Hall–Kier alpha value is -1.31. The van der Waals surface area contributed by atoms with E-state index in [1.807, 2.05) is 37.3 Å². The monoisotopic (exact) mass is 163 g/mol. The first kappa shape index (κ1) is 8.78. The van der Waals surface area contributed by atoms with Crippen molar-refractivity contribution in [2.75, 3.05) is 0 Å². The fraction of sp³-hybridized carbons (Fsp3) is 0.300. The van der Waals surface area contributed by atoms with Crippen LogP contribution in [0.1, 0.15) is 18.9 Å². The van der Waals surface area contributed by atoms with E-state index in [0.29, 0.717) is 6.54 Å². The minimum absolute atomic E-state index is 0.453. The van der Waals surface area contributed by atoms with Gasteiger partial charge in [0.1, 0.15) is 0 Å². The average Bonchev–Trinajstić information content (AvgIpc) is 2.06. The number of rotatable bonds is 3. The molecule has 0 aromatic heterocycles. The van der Waals surface area contributed by atoms with Crippen LogP contribution in [0.4, 0.5) is 0 Å². The second-order valence-corrected chi connectivity index (χ2v) is 2.65. The Labute approximate surface area is 72.7 Å². The molecule has 0 heterocycles. The van der Waals surface area contributed by atoms with E-state index in [-0.39, 0.29) is 0 Å². The molecule has 0 N–H and O–H groups in total. The Morgan fingerprint density at radius 3 is 2.58 bits per heavy atom. The summed E-state index contributed by atoms with van der Waals surface area (Å²) >= 11 is 0. The summed E-state index contributed by atoms with van der Waals surface area (Å²) in [6, 6.07) is 9.73. The molecule has 0 aliphatic rings. The topological polar surface area (TPSA) is 26.1 Å². The van der Waals surface area contributed by atoms with Gasteiger partial charge in [0.05, 0.1) is 0 Å². The molecule has 0 radical (unpaired) electrons. The lowest BCUT2D eigenvalue weighted by atomic mass is 10.2. The summed E-state index contributed by atoms with van der Waals surface area (Å²) in [6.07, 6.45) is 2.43. The van der Waals surface area contributed by atoms with Crippen LogP contribution in [0, 0.1) is 5.21 Å². The van der Waals surface area contributed by atoms with Gasteiger partial charge in [-0.3, -0.25) is 0 Å². The second-order valence-electron chi connectivity index (χ2n) is 2.65. The van der Waals surface area contributed by atoms with E-state index < -0.39 is 0 Å². The molecule has 0 fully saturated rings. The highest BCUT2D eigenvalue weighted by Gasteiger charge is 1.94. The number of hydrogen-bond donors (Lipinski definition) is 0. The van der Waals surface area contributed by atoms with Gasteiger partial charge < -0.3 is 5.21 Å². The molecule has 1 rings (SSSR count). The fourth-order valence-corrected chi connectivity index (χ4v) is 1.03. The molecule has 1 aromatic carbocycles. The molecule has 0 aliphatic heterocycles. The van der Waals surface area contributed by atoms with Gasteiger partial charge in [-0.25, -0.2) is 4.74 Å². The zero-order chi connectivity index (χ0) is 8.81. The van der Waals surface area contributed by atoms with E-state index in [1.165, 1.54) is 0 Å². The smallest absolute Gasteiger partial charge is 0.178 e. The van der Waals surface area contributed by atoms with Crippen molar-refractivity contribution in [3.63, 3.8) is 0 Å².